The second-order valence-corrected chi connectivity index (χ2v) is 4.13. The molecule has 0 bridgehead atoms. The maximum atomic E-state index is 11.6. The van der Waals surface area contributed by atoms with Crippen LogP contribution in [-0.2, 0) is 9.53 Å². The third-order valence-corrected chi connectivity index (χ3v) is 3.14. The van der Waals surface area contributed by atoms with Gasteiger partial charge in [-0.1, -0.05) is 13.3 Å². The number of rotatable bonds is 4. The second kappa shape index (κ2) is 3.81. The molecule has 0 radical (unpaired) electrons. The molecule has 1 unspecified atom stereocenters. The largest absolute Gasteiger partial charge is 0.375 e. The first-order chi connectivity index (χ1) is 7.19. The van der Waals surface area contributed by atoms with Crippen LogP contribution in [0.5, 0.6) is 0 Å². The fraction of sp³-hybridized carbons (Fsp3) is 0.800. The van der Waals surface area contributed by atoms with Crippen LogP contribution in [0.4, 0.5) is 4.79 Å². The molecule has 2 atom stereocenters. The Hall–Kier alpha value is -1.10. The van der Waals surface area contributed by atoms with E-state index in [0.717, 1.165) is 19.3 Å². The van der Waals surface area contributed by atoms with E-state index < -0.39 is 11.6 Å². The lowest BCUT2D eigenvalue weighted by molar-refractivity contribution is -0.140. The molecule has 1 saturated carbocycles. The minimum Gasteiger partial charge on any atom is -0.375 e. The number of unbranched alkanes of at least 4 members (excludes halogenated alkanes) is 1. The minimum absolute atomic E-state index is 0.143. The van der Waals surface area contributed by atoms with Crippen molar-refractivity contribution < 1.29 is 14.3 Å². The van der Waals surface area contributed by atoms with Crippen LogP contribution in [0.1, 0.15) is 32.6 Å². The second-order valence-electron chi connectivity index (χ2n) is 4.13. The first-order valence-electron chi connectivity index (χ1n) is 5.44. The molecule has 1 aliphatic carbocycles. The van der Waals surface area contributed by atoms with E-state index in [9.17, 15) is 9.59 Å². The van der Waals surface area contributed by atoms with Gasteiger partial charge in [-0.05, 0) is 19.3 Å². The Bertz CT molecular complexity index is 292. The molecule has 5 nitrogen and oxygen atoms in total. The van der Waals surface area contributed by atoms with E-state index in [1.54, 1.807) is 0 Å². The van der Waals surface area contributed by atoms with Crippen molar-refractivity contribution in [1.82, 2.24) is 10.6 Å². The summed E-state index contributed by atoms with van der Waals surface area (Å²) < 4.78 is 5.60. The molecule has 1 saturated heterocycles. The third kappa shape index (κ3) is 1.61. The topological polar surface area (TPSA) is 67.4 Å². The highest BCUT2D eigenvalue weighted by molar-refractivity contribution is 6.08. The number of hydrogen-bond acceptors (Lipinski definition) is 3. The Morgan fingerprint density at radius 3 is 2.80 bits per heavy atom. The Balaban J connectivity index is 1.92. The van der Waals surface area contributed by atoms with E-state index in [1.165, 1.54) is 0 Å². The van der Waals surface area contributed by atoms with Crippen LogP contribution in [0.15, 0.2) is 0 Å². The van der Waals surface area contributed by atoms with Crippen molar-refractivity contribution in [3.05, 3.63) is 0 Å². The Morgan fingerprint density at radius 1 is 1.53 bits per heavy atom. The molecule has 0 aromatic carbocycles. The van der Waals surface area contributed by atoms with Crippen LogP contribution >= 0.6 is 0 Å². The number of carbonyl (C=O) groups excluding carboxylic acids is 2. The van der Waals surface area contributed by atoms with Gasteiger partial charge in [0.05, 0.1) is 6.10 Å². The summed E-state index contributed by atoms with van der Waals surface area (Å²) in [5.41, 5.74) is -0.759. The number of carbonyl (C=O) groups is 2. The molecular formula is C10H16N2O3. The summed E-state index contributed by atoms with van der Waals surface area (Å²) >= 11 is 0. The van der Waals surface area contributed by atoms with Crippen molar-refractivity contribution in [2.45, 2.75) is 44.2 Å². The van der Waals surface area contributed by atoms with Crippen LogP contribution in [-0.4, -0.2) is 30.2 Å². The molecule has 1 spiro atoms. The van der Waals surface area contributed by atoms with Gasteiger partial charge >= 0.3 is 6.03 Å². The minimum atomic E-state index is -0.759. The van der Waals surface area contributed by atoms with Crippen LogP contribution in [0.25, 0.3) is 0 Å². The summed E-state index contributed by atoms with van der Waals surface area (Å²) in [6.45, 7) is 2.75. The average Bonchev–Trinajstić information content (AvgIpc) is 2.49. The summed E-state index contributed by atoms with van der Waals surface area (Å²) in [6, 6.07) is -0.399. The predicted molar refractivity (Wildman–Crippen MR) is 53.3 cm³/mol. The quantitative estimate of drug-likeness (QED) is 0.528. The molecule has 2 N–H and O–H groups in total. The van der Waals surface area contributed by atoms with E-state index in [1.807, 2.05) is 0 Å². The number of urea groups is 1. The molecule has 3 amide bonds. The monoisotopic (exact) mass is 212 g/mol. The van der Waals surface area contributed by atoms with E-state index in [0.29, 0.717) is 13.0 Å². The van der Waals surface area contributed by atoms with Gasteiger partial charge in [-0.25, -0.2) is 4.79 Å². The molecule has 84 valence electrons. The summed E-state index contributed by atoms with van der Waals surface area (Å²) in [4.78, 5) is 22.6. The smallest absolute Gasteiger partial charge is 0.322 e. The van der Waals surface area contributed by atoms with Gasteiger partial charge in [0, 0.05) is 6.61 Å². The highest BCUT2D eigenvalue weighted by Gasteiger charge is 2.58. The van der Waals surface area contributed by atoms with Gasteiger partial charge in [0.15, 0.2) is 0 Å². The highest BCUT2D eigenvalue weighted by atomic mass is 16.5. The lowest BCUT2D eigenvalue weighted by Gasteiger charge is -2.43. The Kier molecular flexibility index (Phi) is 2.65. The average molecular weight is 212 g/mol. The number of imide groups is 1. The van der Waals surface area contributed by atoms with E-state index in [-0.39, 0.29) is 12.0 Å². The van der Waals surface area contributed by atoms with Crippen LogP contribution in [0.2, 0.25) is 0 Å². The molecule has 2 aliphatic rings. The molecule has 2 fully saturated rings. The Labute approximate surface area is 88.5 Å². The van der Waals surface area contributed by atoms with Gasteiger partial charge in [0.2, 0.25) is 0 Å². The first kappa shape index (κ1) is 10.4. The van der Waals surface area contributed by atoms with E-state index >= 15 is 0 Å². The molecule has 0 aromatic rings. The fourth-order valence-corrected chi connectivity index (χ4v) is 2.05. The molecule has 1 heterocycles. The summed E-state index contributed by atoms with van der Waals surface area (Å²) in [6.07, 6.45) is 3.44. The van der Waals surface area contributed by atoms with Crippen molar-refractivity contribution in [1.29, 1.82) is 0 Å². The van der Waals surface area contributed by atoms with Gasteiger partial charge in [0.25, 0.3) is 5.91 Å². The highest BCUT2D eigenvalue weighted by Crippen LogP contribution is 2.37. The summed E-state index contributed by atoms with van der Waals surface area (Å²) in [7, 11) is 0. The van der Waals surface area contributed by atoms with Crippen LogP contribution in [0, 0.1) is 0 Å². The zero-order chi connectivity index (χ0) is 10.9. The molecular weight excluding hydrogens is 196 g/mol. The molecule has 5 heteroatoms. The van der Waals surface area contributed by atoms with Crippen molar-refractivity contribution in [3.63, 3.8) is 0 Å². The van der Waals surface area contributed by atoms with Gasteiger partial charge in [-0.3, -0.25) is 10.1 Å². The van der Waals surface area contributed by atoms with Crippen molar-refractivity contribution in [3.8, 4) is 0 Å². The maximum absolute atomic E-state index is 11.6. The van der Waals surface area contributed by atoms with E-state index in [2.05, 4.69) is 17.6 Å². The van der Waals surface area contributed by atoms with E-state index in [4.69, 9.17) is 4.74 Å². The SMILES string of the molecule is CCCCOC1CC[C@]12NC(=O)NC2=O. The maximum Gasteiger partial charge on any atom is 0.322 e. The predicted octanol–water partition coefficient (Wildman–Crippen LogP) is 0.544. The normalized spacial score (nSPS) is 33.8. The zero-order valence-corrected chi connectivity index (χ0v) is 8.84. The number of hydrogen-bond donors (Lipinski definition) is 2. The van der Waals surface area contributed by atoms with Crippen molar-refractivity contribution >= 4 is 11.9 Å². The summed E-state index contributed by atoms with van der Waals surface area (Å²) in [5, 5.41) is 4.93. The fourth-order valence-electron chi connectivity index (χ4n) is 2.05. The zero-order valence-electron chi connectivity index (χ0n) is 8.84. The molecule has 15 heavy (non-hydrogen) atoms. The molecule has 1 aliphatic heterocycles. The standard InChI is InChI=1S/C10H16N2O3/c1-2-3-6-15-7-4-5-10(7)8(13)11-9(14)12-10/h7H,2-6H2,1H3,(H2,11,12,13,14)/t7?,10-/m0/s1. The van der Waals surface area contributed by atoms with Gasteiger partial charge in [-0.2, -0.15) is 0 Å². The Morgan fingerprint density at radius 2 is 2.33 bits per heavy atom. The van der Waals surface area contributed by atoms with Gasteiger partial charge < -0.3 is 10.1 Å². The number of amides is 3. The number of nitrogens with one attached hydrogen (secondary N) is 2. The lowest BCUT2D eigenvalue weighted by atomic mass is 9.73. The van der Waals surface area contributed by atoms with Gasteiger partial charge in [0.1, 0.15) is 5.54 Å². The molecule has 2 rings (SSSR count). The van der Waals surface area contributed by atoms with Crippen LogP contribution < -0.4 is 10.6 Å². The summed E-state index contributed by atoms with van der Waals surface area (Å²) in [5.74, 6) is -0.236. The third-order valence-electron chi connectivity index (χ3n) is 3.14. The van der Waals surface area contributed by atoms with Gasteiger partial charge in [-0.15, -0.1) is 0 Å². The molecule has 0 aromatic heterocycles. The number of ether oxygens (including phenoxy) is 1. The first-order valence-corrected chi connectivity index (χ1v) is 5.44. The lowest BCUT2D eigenvalue weighted by Crippen LogP contribution is -2.64. The van der Waals surface area contributed by atoms with Crippen LogP contribution in [0.3, 0.4) is 0 Å². The van der Waals surface area contributed by atoms with Crippen molar-refractivity contribution in [2.75, 3.05) is 6.61 Å². The van der Waals surface area contributed by atoms with Crippen molar-refractivity contribution in [2.24, 2.45) is 0 Å².